The molecule has 236 valence electrons. The minimum absolute atomic E-state index is 0.0248. The van der Waals surface area contributed by atoms with Gasteiger partial charge in [0.2, 0.25) is 0 Å². The lowest BCUT2D eigenvalue weighted by Crippen LogP contribution is -2.66. The van der Waals surface area contributed by atoms with Crippen LogP contribution in [0.2, 0.25) is 0 Å². The zero-order chi connectivity index (χ0) is 31.2. The van der Waals surface area contributed by atoms with Gasteiger partial charge in [-0.1, -0.05) is 73.1 Å². The maximum absolute atomic E-state index is 13.1. The fraction of sp³-hybridized carbons (Fsp3) is 0.744. The fourth-order valence-electron chi connectivity index (χ4n) is 13.0. The number of carboxylic acids is 1. The van der Waals surface area contributed by atoms with Crippen molar-refractivity contribution >= 4 is 17.5 Å². The van der Waals surface area contributed by atoms with Gasteiger partial charge in [0.25, 0.3) is 0 Å². The first-order valence-corrected chi connectivity index (χ1v) is 17.3. The van der Waals surface area contributed by atoms with Crippen molar-refractivity contribution in [3.63, 3.8) is 0 Å². The molecule has 5 aliphatic carbocycles. The average Bonchev–Trinajstić information content (AvgIpc) is 3.38. The number of ether oxygens (including phenoxy) is 1. The number of methoxy groups -OCH3 is 1. The van der Waals surface area contributed by atoms with E-state index in [-0.39, 0.29) is 27.6 Å². The van der Waals surface area contributed by atoms with Gasteiger partial charge in [-0.05, 0) is 138 Å². The number of carbonyl (C=O) groups is 2. The monoisotopic (exact) mass is 588 g/mol. The van der Waals surface area contributed by atoms with Crippen LogP contribution in [0.25, 0.3) is 5.57 Å². The summed E-state index contributed by atoms with van der Waals surface area (Å²) in [4.78, 5) is 25.1. The van der Waals surface area contributed by atoms with Gasteiger partial charge in [0, 0.05) is 0 Å². The Balaban J connectivity index is 1.35. The van der Waals surface area contributed by atoms with E-state index in [1.807, 2.05) is 12.1 Å². The quantitative estimate of drug-likeness (QED) is 0.348. The van der Waals surface area contributed by atoms with E-state index in [4.69, 9.17) is 4.74 Å². The number of carboxylic acid groups (broad SMARTS) is 1. The Bertz CT molecular complexity index is 1310. The molecule has 0 amide bonds. The third-order valence-corrected chi connectivity index (χ3v) is 15.5. The molecular weight excluding hydrogens is 532 g/mol. The van der Waals surface area contributed by atoms with Crippen molar-refractivity contribution in [1.29, 1.82) is 0 Å². The molecule has 5 aliphatic rings. The van der Waals surface area contributed by atoms with Gasteiger partial charge in [-0.2, -0.15) is 0 Å². The van der Waals surface area contributed by atoms with Crippen LogP contribution in [0.5, 0.6) is 0 Å². The second-order valence-corrected chi connectivity index (χ2v) is 16.9. The van der Waals surface area contributed by atoms with Crippen LogP contribution in [0, 0.1) is 62.6 Å². The van der Waals surface area contributed by atoms with Crippen molar-refractivity contribution in [1.82, 2.24) is 0 Å². The second-order valence-electron chi connectivity index (χ2n) is 16.9. The smallest absolute Gasteiger partial charge is 0.337 e. The molecule has 0 heterocycles. The van der Waals surface area contributed by atoms with Crippen molar-refractivity contribution in [2.45, 2.75) is 113 Å². The van der Waals surface area contributed by atoms with Crippen LogP contribution in [0.4, 0.5) is 0 Å². The van der Waals surface area contributed by atoms with Gasteiger partial charge in [-0.3, -0.25) is 4.79 Å². The average molecular weight is 589 g/mol. The number of carbonyl (C=O) groups excluding carboxylic acids is 1. The molecule has 10 atom stereocenters. The Morgan fingerprint density at radius 1 is 0.907 bits per heavy atom. The van der Waals surface area contributed by atoms with E-state index < -0.39 is 11.4 Å². The highest BCUT2D eigenvalue weighted by atomic mass is 16.5. The molecule has 1 aromatic rings. The molecule has 43 heavy (non-hydrogen) atoms. The molecule has 1 aromatic carbocycles. The lowest BCUT2D eigenvalue weighted by molar-refractivity contribution is -0.230. The first kappa shape index (κ1) is 30.9. The van der Waals surface area contributed by atoms with E-state index in [2.05, 4.69) is 66.7 Å². The van der Waals surface area contributed by atoms with Crippen molar-refractivity contribution in [2.75, 3.05) is 7.11 Å². The maximum Gasteiger partial charge on any atom is 0.337 e. The Kier molecular flexibility index (Phi) is 7.34. The summed E-state index contributed by atoms with van der Waals surface area (Å²) in [5.74, 6) is 2.40. The maximum atomic E-state index is 13.1. The van der Waals surface area contributed by atoms with Gasteiger partial charge in [0.15, 0.2) is 0 Å². The molecule has 4 saturated carbocycles. The molecule has 0 radical (unpaired) electrons. The lowest BCUT2D eigenvalue weighted by Gasteiger charge is -2.72. The van der Waals surface area contributed by atoms with Gasteiger partial charge in [0.05, 0.1) is 18.1 Å². The first-order valence-electron chi connectivity index (χ1n) is 17.3. The summed E-state index contributed by atoms with van der Waals surface area (Å²) in [5, 5.41) is 10.7. The largest absolute Gasteiger partial charge is 0.481 e. The predicted molar refractivity (Wildman–Crippen MR) is 172 cm³/mol. The molecule has 1 N–H and O–H groups in total. The van der Waals surface area contributed by atoms with Crippen LogP contribution in [-0.4, -0.2) is 24.2 Å². The van der Waals surface area contributed by atoms with Crippen LogP contribution in [0.3, 0.4) is 0 Å². The highest BCUT2D eigenvalue weighted by molar-refractivity contribution is 5.90. The molecule has 10 unspecified atom stereocenters. The summed E-state index contributed by atoms with van der Waals surface area (Å²) in [6, 6.07) is 8.02. The number of rotatable bonds is 5. The van der Waals surface area contributed by atoms with Gasteiger partial charge in [-0.15, -0.1) is 0 Å². The van der Waals surface area contributed by atoms with Crippen LogP contribution >= 0.6 is 0 Å². The summed E-state index contributed by atoms with van der Waals surface area (Å²) < 4.78 is 4.93. The Hall–Kier alpha value is -2.10. The van der Waals surface area contributed by atoms with E-state index in [1.165, 1.54) is 43.9 Å². The summed E-state index contributed by atoms with van der Waals surface area (Å²) in [5.41, 5.74) is 3.38. The molecule has 0 spiro atoms. The summed E-state index contributed by atoms with van der Waals surface area (Å²) >= 11 is 0. The van der Waals surface area contributed by atoms with Crippen LogP contribution in [0.1, 0.15) is 129 Å². The standard InChI is InChI=1S/C39H56O4/c1-9-24(2)27-16-21-39(34(41)42)23-22-37(6)29(32(27)39)14-15-31-36(5)19-17-28(25-10-12-26(13-11-25)33(40)43-8)35(3,4)30(36)18-20-38(31,37)7/h10-13,17,24,27,29-32H,9,14-16,18-23H2,1-8H3,(H,41,42). The summed E-state index contributed by atoms with van der Waals surface area (Å²) in [6.07, 6.45) is 13.6. The number of allylic oxidation sites excluding steroid dienone is 2. The topological polar surface area (TPSA) is 63.6 Å². The molecule has 0 aromatic heterocycles. The van der Waals surface area contributed by atoms with Crippen molar-refractivity contribution in [3.05, 3.63) is 41.5 Å². The molecule has 4 heteroatoms. The van der Waals surface area contributed by atoms with E-state index in [0.717, 1.165) is 38.5 Å². The fourth-order valence-corrected chi connectivity index (χ4v) is 13.0. The highest BCUT2D eigenvalue weighted by Gasteiger charge is 2.71. The minimum atomic E-state index is -0.504. The van der Waals surface area contributed by atoms with Gasteiger partial charge < -0.3 is 9.84 Å². The van der Waals surface area contributed by atoms with E-state index in [9.17, 15) is 14.7 Å². The zero-order valence-corrected chi connectivity index (χ0v) is 28.1. The number of benzene rings is 1. The van der Waals surface area contributed by atoms with Gasteiger partial charge in [0.1, 0.15) is 0 Å². The number of hydrogen-bond acceptors (Lipinski definition) is 3. The number of aliphatic carboxylic acids is 1. The second kappa shape index (κ2) is 10.2. The number of fused-ring (bicyclic) bond motifs is 7. The lowest BCUT2D eigenvalue weighted by atomic mass is 9.32. The van der Waals surface area contributed by atoms with E-state index in [0.29, 0.717) is 41.1 Å². The van der Waals surface area contributed by atoms with E-state index in [1.54, 1.807) is 0 Å². The van der Waals surface area contributed by atoms with Crippen molar-refractivity contribution in [3.8, 4) is 0 Å². The highest BCUT2D eigenvalue weighted by Crippen LogP contribution is 2.77. The number of hydrogen-bond donors (Lipinski definition) is 1. The van der Waals surface area contributed by atoms with Crippen molar-refractivity contribution in [2.24, 2.45) is 62.6 Å². The summed E-state index contributed by atoms with van der Waals surface area (Å²) in [7, 11) is 1.43. The molecule has 4 fully saturated rings. The third kappa shape index (κ3) is 4.05. The Morgan fingerprint density at radius 3 is 2.23 bits per heavy atom. The minimum Gasteiger partial charge on any atom is -0.481 e. The number of esters is 1. The third-order valence-electron chi connectivity index (χ3n) is 15.5. The molecule has 0 aliphatic heterocycles. The molecule has 0 bridgehead atoms. The SMILES string of the molecule is CCC(C)C1CCC2(C(=O)O)CCC3(C)C(CCC4C5(C)CC=C(c6ccc(C(=O)OC)cc6)C(C)(C)C5CCC43C)C12. The predicted octanol–water partition coefficient (Wildman–Crippen LogP) is 9.68. The van der Waals surface area contributed by atoms with Crippen LogP contribution in [-0.2, 0) is 9.53 Å². The molecular formula is C39H56O4. The molecule has 6 rings (SSSR count). The zero-order valence-electron chi connectivity index (χ0n) is 28.1. The van der Waals surface area contributed by atoms with Crippen molar-refractivity contribution < 1.29 is 19.4 Å². The van der Waals surface area contributed by atoms with E-state index >= 15 is 0 Å². The Morgan fingerprint density at radius 2 is 1.60 bits per heavy atom. The van der Waals surface area contributed by atoms with Crippen LogP contribution < -0.4 is 0 Å². The molecule has 0 saturated heterocycles. The molecule has 4 nitrogen and oxygen atoms in total. The van der Waals surface area contributed by atoms with Gasteiger partial charge in [-0.25, -0.2) is 4.79 Å². The Labute approximate surface area is 260 Å². The van der Waals surface area contributed by atoms with Gasteiger partial charge >= 0.3 is 11.9 Å². The van der Waals surface area contributed by atoms with Crippen LogP contribution in [0.15, 0.2) is 30.3 Å². The summed E-state index contributed by atoms with van der Waals surface area (Å²) in [6.45, 7) is 17.5. The normalized spacial score (nSPS) is 43.7. The first-order chi connectivity index (χ1) is 20.2.